The van der Waals surface area contributed by atoms with E-state index in [-0.39, 0.29) is 5.92 Å². The van der Waals surface area contributed by atoms with Crippen LogP contribution in [0.1, 0.15) is 25.3 Å². The molecule has 136 valence electrons. The molecule has 1 saturated heterocycles. The van der Waals surface area contributed by atoms with Crippen LogP contribution >= 0.6 is 0 Å². The average Bonchev–Trinajstić information content (AvgIpc) is 3.00. The van der Waals surface area contributed by atoms with Crippen LogP contribution in [0, 0.1) is 23.7 Å². The van der Waals surface area contributed by atoms with Crippen LogP contribution in [0.3, 0.4) is 0 Å². The van der Waals surface area contributed by atoms with Gasteiger partial charge in [-0.05, 0) is 65.1 Å². The average molecular weight is 351 g/mol. The lowest BCUT2D eigenvalue weighted by atomic mass is 9.99. The van der Waals surface area contributed by atoms with E-state index in [4.69, 9.17) is 9.84 Å². The Kier molecular flexibility index (Phi) is 3.71. The molecule has 4 atom stereocenters. The van der Waals surface area contributed by atoms with Gasteiger partial charge in [0.25, 0.3) is 0 Å². The number of ether oxygens (including phenoxy) is 1. The summed E-state index contributed by atoms with van der Waals surface area (Å²) in [5.41, 5.74) is 1.24. The number of fused-ring (bicyclic) bond motifs is 2. The van der Waals surface area contributed by atoms with E-state index in [2.05, 4.69) is 48.2 Å². The molecule has 2 aliphatic carbocycles. The molecule has 0 aromatic heterocycles. The van der Waals surface area contributed by atoms with Gasteiger partial charge in [-0.1, -0.05) is 25.1 Å². The zero-order valence-corrected chi connectivity index (χ0v) is 15.1. The molecule has 3 unspecified atom stereocenters. The lowest BCUT2D eigenvalue weighted by Crippen LogP contribution is -2.49. The second-order valence-corrected chi connectivity index (χ2v) is 8.47. The van der Waals surface area contributed by atoms with Crippen LogP contribution < -0.4 is 4.74 Å². The standard InChI is InChI=1S/C22H25NO3/c1-13-20-8-19(9-21(13)20)26-18-5-4-15-6-14(2-3-16(15)7-18)10-23-11-17(12-23)22(24)25/h2-7,13,17,19-21H,8-12H2,1H3,(H,24,25)/t13?,19?,20-,21?/m0/s1. The Balaban J connectivity index is 1.23. The van der Waals surface area contributed by atoms with Crippen LogP contribution in [0.15, 0.2) is 36.4 Å². The third kappa shape index (κ3) is 2.86. The Morgan fingerprint density at radius 2 is 1.81 bits per heavy atom. The molecule has 26 heavy (non-hydrogen) atoms. The second kappa shape index (κ2) is 5.98. The lowest BCUT2D eigenvalue weighted by molar-refractivity contribution is -0.147. The van der Waals surface area contributed by atoms with E-state index < -0.39 is 5.97 Å². The minimum atomic E-state index is -0.679. The number of nitrogens with zero attached hydrogens (tertiary/aromatic N) is 1. The van der Waals surface area contributed by atoms with E-state index in [1.807, 2.05) is 0 Å². The maximum atomic E-state index is 10.9. The summed E-state index contributed by atoms with van der Waals surface area (Å²) in [6.07, 6.45) is 2.83. The van der Waals surface area contributed by atoms with Gasteiger partial charge in [-0.2, -0.15) is 0 Å². The fraction of sp³-hybridized carbons (Fsp3) is 0.500. The van der Waals surface area contributed by atoms with Crippen molar-refractivity contribution in [2.45, 2.75) is 32.4 Å². The minimum absolute atomic E-state index is 0.195. The first-order chi connectivity index (χ1) is 12.6. The number of carboxylic acid groups (broad SMARTS) is 1. The molecule has 0 radical (unpaired) electrons. The van der Waals surface area contributed by atoms with Gasteiger partial charge in [-0.3, -0.25) is 9.69 Å². The van der Waals surface area contributed by atoms with Gasteiger partial charge < -0.3 is 9.84 Å². The summed E-state index contributed by atoms with van der Waals surface area (Å²) in [7, 11) is 0. The molecule has 1 aliphatic heterocycles. The van der Waals surface area contributed by atoms with Crippen molar-refractivity contribution in [3.63, 3.8) is 0 Å². The van der Waals surface area contributed by atoms with Crippen molar-refractivity contribution < 1.29 is 14.6 Å². The number of benzene rings is 2. The molecule has 5 rings (SSSR count). The number of likely N-dealkylation sites (tertiary alicyclic amines) is 1. The van der Waals surface area contributed by atoms with Gasteiger partial charge in [-0.15, -0.1) is 0 Å². The van der Waals surface area contributed by atoms with Crippen molar-refractivity contribution in [3.8, 4) is 5.75 Å². The quantitative estimate of drug-likeness (QED) is 0.891. The van der Waals surface area contributed by atoms with Gasteiger partial charge in [-0.25, -0.2) is 0 Å². The van der Waals surface area contributed by atoms with Gasteiger partial charge in [0.05, 0.1) is 12.0 Å². The lowest BCUT2D eigenvalue weighted by Gasteiger charge is -2.36. The number of carbonyl (C=O) groups is 1. The summed E-state index contributed by atoms with van der Waals surface area (Å²) in [4.78, 5) is 13.1. The molecule has 1 heterocycles. The highest BCUT2D eigenvalue weighted by atomic mass is 16.5. The number of rotatable bonds is 5. The van der Waals surface area contributed by atoms with E-state index in [0.29, 0.717) is 19.2 Å². The highest BCUT2D eigenvalue weighted by molar-refractivity contribution is 5.84. The van der Waals surface area contributed by atoms with Crippen LogP contribution in [0.2, 0.25) is 0 Å². The number of hydrogen-bond acceptors (Lipinski definition) is 3. The van der Waals surface area contributed by atoms with Crippen molar-refractivity contribution in [1.29, 1.82) is 0 Å². The van der Waals surface area contributed by atoms with Crippen molar-refractivity contribution in [2.24, 2.45) is 23.7 Å². The summed E-state index contributed by atoms with van der Waals surface area (Å²) in [5.74, 6) is 2.84. The maximum Gasteiger partial charge on any atom is 0.309 e. The molecular formula is C22H25NO3. The minimum Gasteiger partial charge on any atom is -0.490 e. The molecule has 3 aliphatic rings. The van der Waals surface area contributed by atoms with Crippen LogP contribution in [0.25, 0.3) is 10.8 Å². The molecule has 4 nitrogen and oxygen atoms in total. The fourth-order valence-electron chi connectivity index (χ4n) is 4.97. The molecule has 0 amide bonds. The summed E-state index contributed by atoms with van der Waals surface area (Å²) in [5, 5.41) is 11.4. The van der Waals surface area contributed by atoms with E-state index >= 15 is 0 Å². The van der Waals surface area contributed by atoms with E-state index in [1.54, 1.807) is 0 Å². The van der Waals surface area contributed by atoms with E-state index in [0.717, 1.165) is 30.0 Å². The molecule has 2 aromatic rings. The summed E-state index contributed by atoms with van der Waals surface area (Å²) in [6.45, 7) is 4.49. The highest BCUT2D eigenvalue weighted by Gasteiger charge is 2.53. The largest absolute Gasteiger partial charge is 0.490 e. The fourth-order valence-corrected chi connectivity index (χ4v) is 4.97. The Hall–Kier alpha value is -2.07. The van der Waals surface area contributed by atoms with Gasteiger partial charge in [0.2, 0.25) is 0 Å². The number of aliphatic carboxylic acids is 1. The van der Waals surface area contributed by atoms with E-state index in [9.17, 15) is 4.79 Å². The Bertz CT molecular complexity index is 846. The van der Waals surface area contributed by atoms with Crippen LogP contribution in [0.4, 0.5) is 0 Å². The summed E-state index contributed by atoms with van der Waals surface area (Å²) in [6, 6.07) is 12.9. The van der Waals surface area contributed by atoms with Gasteiger partial charge >= 0.3 is 5.97 Å². The Labute approximate surface area is 153 Å². The number of hydrogen-bond donors (Lipinski definition) is 1. The van der Waals surface area contributed by atoms with Crippen LogP contribution in [0.5, 0.6) is 5.75 Å². The second-order valence-electron chi connectivity index (χ2n) is 8.47. The first-order valence-electron chi connectivity index (χ1n) is 9.71. The Morgan fingerprint density at radius 3 is 2.54 bits per heavy atom. The summed E-state index contributed by atoms with van der Waals surface area (Å²) >= 11 is 0. The third-order valence-electron chi connectivity index (χ3n) is 6.72. The third-order valence-corrected chi connectivity index (χ3v) is 6.72. The maximum absolute atomic E-state index is 10.9. The molecule has 2 aromatic carbocycles. The first-order valence-corrected chi connectivity index (χ1v) is 9.71. The first kappa shape index (κ1) is 16.1. The number of carboxylic acids is 1. The van der Waals surface area contributed by atoms with Crippen LogP contribution in [-0.4, -0.2) is 35.2 Å². The SMILES string of the molecule is CC1C2CC(Oc3ccc4cc(CN5CC(C(=O)O)C5)ccc4c3)C[C@@H]12. The molecular weight excluding hydrogens is 326 g/mol. The van der Waals surface area contributed by atoms with E-state index in [1.165, 1.54) is 29.2 Å². The van der Waals surface area contributed by atoms with Gasteiger partial charge in [0.1, 0.15) is 5.75 Å². The van der Waals surface area contributed by atoms with Crippen molar-refractivity contribution in [3.05, 3.63) is 42.0 Å². The smallest absolute Gasteiger partial charge is 0.309 e. The normalized spacial score (nSPS) is 30.8. The zero-order valence-electron chi connectivity index (χ0n) is 15.1. The molecule has 3 fully saturated rings. The molecule has 2 saturated carbocycles. The predicted molar refractivity (Wildman–Crippen MR) is 100 cm³/mol. The summed E-state index contributed by atoms with van der Waals surface area (Å²) < 4.78 is 6.22. The molecule has 0 spiro atoms. The van der Waals surface area contributed by atoms with Crippen molar-refractivity contribution in [2.75, 3.05) is 13.1 Å². The monoisotopic (exact) mass is 351 g/mol. The highest BCUT2D eigenvalue weighted by Crippen LogP contribution is 2.57. The van der Waals surface area contributed by atoms with Crippen LogP contribution in [-0.2, 0) is 11.3 Å². The van der Waals surface area contributed by atoms with Crippen molar-refractivity contribution >= 4 is 16.7 Å². The van der Waals surface area contributed by atoms with Crippen molar-refractivity contribution in [1.82, 2.24) is 4.90 Å². The predicted octanol–water partition coefficient (Wildman–Crippen LogP) is 3.78. The molecule has 4 heteroatoms. The Morgan fingerprint density at radius 1 is 1.12 bits per heavy atom. The zero-order chi connectivity index (χ0) is 17.8. The van der Waals surface area contributed by atoms with Gasteiger partial charge in [0.15, 0.2) is 0 Å². The van der Waals surface area contributed by atoms with Gasteiger partial charge in [0, 0.05) is 19.6 Å². The molecule has 0 bridgehead atoms. The molecule has 1 N–H and O–H groups in total. The topological polar surface area (TPSA) is 49.8 Å².